The van der Waals surface area contributed by atoms with Gasteiger partial charge in [-0.1, -0.05) is 31.4 Å². The molecule has 1 heterocycles. The highest BCUT2D eigenvalue weighted by Gasteiger charge is 2.30. The van der Waals surface area contributed by atoms with Crippen molar-refractivity contribution in [2.45, 2.75) is 31.9 Å². The maximum atomic E-state index is 12.8. The predicted octanol–water partition coefficient (Wildman–Crippen LogP) is 4.09. The first kappa shape index (κ1) is 14.8. The van der Waals surface area contributed by atoms with Gasteiger partial charge < -0.3 is 5.73 Å². The Labute approximate surface area is 126 Å². The molecule has 22 heavy (non-hydrogen) atoms. The number of hydrogen-bond acceptors (Lipinski definition) is 3. The van der Waals surface area contributed by atoms with Crippen LogP contribution in [0.1, 0.15) is 30.5 Å². The third-order valence-electron chi connectivity index (χ3n) is 4.00. The molecule has 0 amide bonds. The highest BCUT2D eigenvalue weighted by molar-refractivity contribution is 5.61. The average molecular weight is 307 g/mol. The van der Waals surface area contributed by atoms with E-state index in [1.54, 1.807) is 12.1 Å². The van der Waals surface area contributed by atoms with E-state index in [1.807, 2.05) is 0 Å². The number of halogens is 3. The summed E-state index contributed by atoms with van der Waals surface area (Å²) >= 11 is 0. The van der Waals surface area contributed by atoms with Crippen LogP contribution in [0.25, 0.3) is 11.3 Å². The lowest BCUT2D eigenvalue weighted by atomic mass is 9.82. The molecule has 1 fully saturated rings. The SMILES string of the molecule is Nc1nc(CC2CCC2)cc(-c2cccc(C(F)(F)F)c2)n1. The third-order valence-corrected chi connectivity index (χ3v) is 4.00. The molecule has 0 saturated heterocycles. The third kappa shape index (κ3) is 3.21. The van der Waals surface area contributed by atoms with E-state index in [-0.39, 0.29) is 5.95 Å². The lowest BCUT2D eigenvalue weighted by Crippen LogP contribution is -2.15. The molecule has 6 heteroatoms. The van der Waals surface area contributed by atoms with Gasteiger partial charge in [0.05, 0.1) is 11.3 Å². The van der Waals surface area contributed by atoms with E-state index in [2.05, 4.69) is 9.97 Å². The fraction of sp³-hybridized carbons (Fsp3) is 0.375. The number of anilines is 1. The number of nitrogens with two attached hydrogens (primary N) is 1. The molecule has 0 unspecified atom stereocenters. The van der Waals surface area contributed by atoms with Crippen LogP contribution >= 0.6 is 0 Å². The van der Waals surface area contributed by atoms with Crippen LogP contribution in [0.2, 0.25) is 0 Å². The molecule has 3 nitrogen and oxygen atoms in total. The van der Waals surface area contributed by atoms with Crippen molar-refractivity contribution in [2.75, 3.05) is 5.73 Å². The van der Waals surface area contributed by atoms with E-state index in [0.717, 1.165) is 24.2 Å². The molecule has 0 bridgehead atoms. The zero-order chi connectivity index (χ0) is 15.7. The second kappa shape index (κ2) is 5.59. The largest absolute Gasteiger partial charge is 0.416 e. The van der Waals surface area contributed by atoms with Crippen LogP contribution in [0.3, 0.4) is 0 Å². The van der Waals surface area contributed by atoms with Crippen molar-refractivity contribution in [3.05, 3.63) is 41.6 Å². The van der Waals surface area contributed by atoms with E-state index in [4.69, 9.17) is 5.73 Å². The number of alkyl halides is 3. The molecular formula is C16H16F3N3. The highest BCUT2D eigenvalue weighted by atomic mass is 19.4. The fourth-order valence-electron chi connectivity index (χ4n) is 2.62. The Morgan fingerprint density at radius 1 is 1.14 bits per heavy atom. The van der Waals surface area contributed by atoms with Gasteiger partial charge in [0.1, 0.15) is 0 Å². The number of rotatable bonds is 3. The summed E-state index contributed by atoms with van der Waals surface area (Å²) in [6, 6.07) is 6.86. The minimum absolute atomic E-state index is 0.101. The Balaban J connectivity index is 1.93. The number of nitrogen functional groups attached to an aromatic ring is 1. The standard InChI is InChI=1S/C16H16F3N3/c17-16(18,19)12-6-2-5-11(8-12)14-9-13(21-15(20)22-14)7-10-3-1-4-10/h2,5-6,8-10H,1,3-4,7H2,(H2,20,21,22). The summed E-state index contributed by atoms with van der Waals surface area (Å²) < 4.78 is 38.4. The number of nitrogens with zero attached hydrogens (tertiary/aromatic N) is 2. The van der Waals surface area contributed by atoms with E-state index in [1.165, 1.54) is 25.3 Å². The highest BCUT2D eigenvalue weighted by Crippen LogP contribution is 2.33. The van der Waals surface area contributed by atoms with Crippen molar-refractivity contribution in [1.29, 1.82) is 0 Å². The van der Waals surface area contributed by atoms with Crippen LogP contribution in [-0.4, -0.2) is 9.97 Å². The van der Waals surface area contributed by atoms with Gasteiger partial charge >= 0.3 is 6.18 Å². The maximum Gasteiger partial charge on any atom is 0.416 e. The first-order valence-corrected chi connectivity index (χ1v) is 7.23. The summed E-state index contributed by atoms with van der Waals surface area (Å²) in [5.74, 6) is 0.702. The van der Waals surface area contributed by atoms with Crippen molar-refractivity contribution >= 4 is 5.95 Å². The quantitative estimate of drug-likeness (QED) is 0.929. The van der Waals surface area contributed by atoms with Gasteiger partial charge in [-0.25, -0.2) is 9.97 Å². The lowest BCUT2D eigenvalue weighted by molar-refractivity contribution is -0.137. The van der Waals surface area contributed by atoms with Crippen LogP contribution in [-0.2, 0) is 12.6 Å². The van der Waals surface area contributed by atoms with Crippen LogP contribution in [0.5, 0.6) is 0 Å². The number of benzene rings is 1. The Morgan fingerprint density at radius 2 is 1.91 bits per heavy atom. The van der Waals surface area contributed by atoms with Crippen molar-refractivity contribution < 1.29 is 13.2 Å². The van der Waals surface area contributed by atoms with Crippen molar-refractivity contribution in [3.8, 4) is 11.3 Å². The average Bonchev–Trinajstić information content (AvgIpc) is 2.42. The molecule has 1 aliphatic carbocycles. The summed E-state index contributed by atoms with van der Waals surface area (Å²) in [6.07, 6.45) is -0.000651. The minimum atomic E-state index is -4.37. The number of hydrogen-bond donors (Lipinski definition) is 1. The second-order valence-electron chi connectivity index (χ2n) is 5.68. The topological polar surface area (TPSA) is 51.8 Å². The molecule has 0 radical (unpaired) electrons. The molecule has 0 aliphatic heterocycles. The van der Waals surface area contributed by atoms with Crippen LogP contribution in [0.4, 0.5) is 19.1 Å². The van der Waals surface area contributed by atoms with Crippen molar-refractivity contribution in [2.24, 2.45) is 5.92 Å². The molecular weight excluding hydrogens is 291 g/mol. The van der Waals surface area contributed by atoms with E-state index >= 15 is 0 Å². The maximum absolute atomic E-state index is 12.8. The first-order chi connectivity index (χ1) is 10.4. The molecule has 116 valence electrons. The van der Waals surface area contributed by atoms with Crippen LogP contribution in [0, 0.1) is 5.92 Å². The molecule has 1 aliphatic rings. The summed E-state index contributed by atoms with van der Waals surface area (Å²) in [5.41, 5.74) is 6.65. The zero-order valence-electron chi connectivity index (χ0n) is 11.9. The molecule has 2 aromatic rings. The normalized spacial score (nSPS) is 15.6. The molecule has 1 aromatic carbocycles. The van der Waals surface area contributed by atoms with Gasteiger partial charge in [-0.15, -0.1) is 0 Å². The Morgan fingerprint density at radius 3 is 2.55 bits per heavy atom. The molecule has 0 spiro atoms. The van der Waals surface area contributed by atoms with Gasteiger partial charge in [-0.3, -0.25) is 0 Å². The van der Waals surface area contributed by atoms with E-state index < -0.39 is 11.7 Å². The van der Waals surface area contributed by atoms with Crippen molar-refractivity contribution in [3.63, 3.8) is 0 Å². The first-order valence-electron chi connectivity index (χ1n) is 7.23. The van der Waals surface area contributed by atoms with Gasteiger partial charge in [-0.2, -0.15) is 13.2 Å². The minimum Gasteiger partial charge on any atom is -0.368 e. The Kier molecular flexibility index (Phi) is 3.76. The second-order valence-corrected chi connectivity index (χ2v) is 5.68. The van der Waals surface area contributed by atoms with Gasteiger partial charge in [0.25, 0.3) is 0 Å². The van der Waals surface area contributed by atoms with E-state index in [0.29, 0.717) is 17.2 Å². The summed E-state index contributed by atoms with van der Waals surface area (Å²) in [4.78, 5) is 8.27. The number of aromatic nitrogens is 2. The fourth-order valence-corrected chi connectivity index (χ4v) is 2.62. The monoisotopic (exact) mass is 307 g/mol. The lowest BCUT2D eigenvalue weighted by Gasteiger charge is -2.24. The van der Waals surface area contributed by atoms with Gasteiger partial charge in [0, 0.05) is 11.3 Å². The molecule has 3 rings (SSSR count). The Hall–Kier alpha value is -2.11. The van der Waals surface area contributed by atoms with Crippen LogP contribution in [0.15, 0.2) is 30.3 Å². The molecule has 1 saturated carbocycles. The summed E-state index contributed by atoms with van der Waals surface area (Å²) in [5, 5.41) is 0. The van der Waals surface area contributed by atoms with Gasteiger partial charge in [0.15, 0.2) is 0 Å². The Bertz CT molecular complexity index is 679. The summed E-state index contributed by atoms with van der Waals surface area (Å²) in [6.45, 7) is 0. The van der Waals surface area contributed by atoms with Crippen LogP contribution < -0.4 is 5.73 Å². The van der Waals surface area contributed by atoms with Crippen molar-refractivity contribution in [1.82, 2.24) is 9.97 Å². The predicted molar refractivity (Wildman–Crippen MR) is 77.9 cm³/mol. The molecule has 2 N–H and O–H groups in total. The van der Waals surface area contributed by atoms with Gasteiger partial charge in [-0.05, 0) is 30.5 Å². The molecule has 1 aromatic heterocycles. The van der Waals surface area contributed by atoms with Gasteiger partial charge in [0.2, 0.25) is 5.95 Å². The summed E-state index contributed by atoms with van der Waals surface area (Å²) in [7, 11) is 0. The zero-order valence-corrected chi connectivity index (χ0v) is 11.9. The smallest absolute Gasteiger partial charge is 0.368 e. The molecule has 0 atom stereocenters. The van der Waals surface area contributed by atoms with E-state index in [9.17, 15) is 13.2 Å².